The van der Waals surface area contributed by atoms with Crippen LogP contribution in [0.1, 0.15) is 49.6 Å². The van der Waals surface area contributed by atoms with Crippen LogP contribution < -0.4 is 16.0 Å². The van der Waals surface area contributed by atoms with Crippen molar-refractivity contribution in [2.45, 2.75) is 57.8 Å². The zero-order valence-corrected chi connectivity index (χ0v) is 19.3. The molecule has 0 bridgehead atoms. The average Bonchev–Trinajstić information content (AvgIpc) is 3.27. The second-order valence-corrected chi connectivity index (χ2v) is 9.25. The fourth-order valence-electron chi connectivity index (χ4n) is 4.15. The van der Waals surface area contributed by atoms with Crippen molar-refractivity contribution in [3.8, 4) is 0 Å². The van der Waals surface area contributed by atoms with Gasteiger partial charge in [0.15, 0.2) is 0 Å². The normalized spacial score (nSPS) is 19.3. The summed E-state index contributed by atoms with van der Waals surface area (Å²) in [5, 5.41) is 11.0. The Balaban J connectivity index is 1.50. The molecule has 2 aliphatic rings. The maximum atomic E-state index is 13.2. The van der Waals surface area contributed by atoms with Gasteiger partial charge in [-0.3, -0.25) is 0 Å². The van der Waals surface area contributed by atoms with Crippen molar-refractivity contribution in [2.24, 2.45) is 0 Å². The van der Waals surface area contributed by atoms with Crippen molar-refractivity contribution in [3.05, 3.63) is 51.3 Å². The molecule has 0 saturated carbocycles. The Hall–Kier alpha value is -2.09. The van der Waals surface area contributed by atoms with Gasteiger partial charge in [-0.05, 0) is 62.9 Å². The van der Waals surface area contributed by atoms with Crippen molar-refractivity contribution in [1.29, 1.82) is 0 Å². The smallest absolute Gasteiger partial charge is 0.318 e. The third kappa shape index (κ3) is 5.22. The highest BCUT2D eigenvalue weighted by molar-refractivity contribution is 6.42. The van der Waals surface area contributed by atoms with E-state index in [0.29, 0.717) is 29.1 Å². The van der Waals surface area contributed by atoms with Gasteiger partial charge in [-0.2, -0.15) is 0 Å². The molecule has 3 heterocycles. The molecular formula is C22H28Cl2N6O. The van der Waals surface area contributed by atoms with Gasteiger partial charge in [0.2, 0.25) is 5.95 Å². The number of hydrogen-bond donors (Lipinski definition) is 3. The molecule has 2 atom stereocenters. The van der Waals surface area contributed by atoms with E-state index in [4.69, 9.17) is 23.2 Å². The van der Waals surface area contributed by atoms with Gasteiger partial charge in [0.05, 0.1) is 28.3 Å². The minimum absolute atomic E-state index is 0.104. The molecule has 0 unspecified atom stereocenters. The SMILES string of the molecule is CC(C)Nc1ncc2c(n1)CN(C(=O)N[C@@H](c1ccc(Cl)c(Cl)c1)[C@@H]1CCCN1)CC2. The first-order valence-electron chi connectivity index (χ1n) is 10.8. The third-order valence-electron chi connectivity index (χ3n) is 5.73. The molecule has 3 N–H and O–H groups in total. The number of anilines is 1. The summed E-state index contributed by atoms with van der Waals surface area (Å²) in [5.74, 6) is 0.597. The molecule has 1 aromatic heterocycles. The highest BCUT2D eigenvalue weighted by Crippen LogP contribution is 2.30. The molecule has 0 radical (unpaired) electrons. The monoisotopic (exact) mass is 462 g/mol. The first-order chi connectivity index (χ1) is 14.9. The van der Waals surface area contributed by atoms with Gasteiger partial charge in [0.25, 0.3) is 0 Å². The molecule has 7 nitrogen and oxygen atoms in total. The van der Waals surface area contributed by atoms with Crippen LogP contribution in [0.25, 0.3) is 0 Å². The summed E-state index contributed by atoms with van der Waals surface area (Å²) in [6, 6.07) is 5.67. The Kier molecular flexibility index (Phi) is 6.84. The summed E-state index contributed by atoms with van der Waals surface area (Å²) in [4.78, 5) is 24.1. The van der Waals surface area contributed by atoms with E-state index in [2.05, 4.69) is 25.9 Å². The lowest BCUT2D eigenvalue weighted by atomic mass is 9.98. The lowest BCUT2D eigenvalue weighted by Gasteiger charge is -2.32. The van der Waals surface area contributed by atoms with Gasteiger partial charge in [-0.1, -0.05) is 29.3 Å². The highest BCUT2D eigenvalue weighted by Gasteiger charge is 2.30. The van der Waals surface area contributed by atoms with Crippen LogP contribution >= 0.6 is 23.2 Å². The molecule has 4 rings (SSSR count). The zero-order chi connectivity index (χ0) is 22.0. The minimum Gasteiger partial charge on any atom is -0.352 e. The van der Waals surface area contributed by atoms with E-state index < -0.39 is 0 Å². The van der Waals surface area contributed by atoms with E-state index >= 15 is 0 Å². The number of aromatic nitrogens is 2. The topological polar surface area (TPSA) is 82.2 Å². The second kappa shape index (κ2) is 9.59. The van der Waals surface area contributed by atoms with Crippen LogP contribution in [0.2, 0.25) is 10.0 Å². The number of hydrogen-bond acceptors (Lipinski definition) is 5. The molecule has 9 heteroatoms. The third-order valence-corrected chi connectivity index (χ3v) is 6.47. The number of nitrogens with zero attached hydrogens (tertiary/aromatic N) is 3. The van der Waals surface area contributed by atoms with Gasteiger partial charge in [-0.15, -0.1) is 0 Å². The summed E-state index contributed by atoms with van der Waals surface area (Å²) >= 11 is 12.4. The van der Waals surface area contributed by atoms with Crippen LogP contribution in [0, 0.1) is 0 Å². The van der Waals surface area contributed by atoms with E-state index in [1.165, 1.54) is 0 Å². The molecule has 2 amide bonds. The fraction of sp³-hybridized carbons (Fsp3) is 0.500. The molecule has 1 aromatic carbocycles. The van der Waals surface area contributed by atoms with Gasteiger partial charge >= 0.3 is 6.03 Å². The van der Waals surface area contributed by atoms with Crippen LogP contribution in [0.15, 0.2) is 24.4 Å². The maximum Gasteiger partial charge on any atom is 0.318 e. The van der Waals surface area contributed by atoms with Crippen LogP contribution in [0.5, 0.6) is 0 Å². The summed E-state index contributed by atoms with van der Waals surface area (Å²) in [7, 11) is 0. The van der Waals surface area contributed by atoms with Crippen molar-refractivity contribution in [2.75, 3.05) is 18.4 Å². The Labute approximate surface area is 192 Å². The molecule has 1 fully saturated rings. The average molecular weight is 463 g/mol. The molecule has 0 spiro atoms. The molecule has 2 aromatic rings. The Morgan fingerprint density at radius 3 is 2.84 bits per heavy atom. The molecule has 0 aliphatic carbocycles. The second-order valence-electron chi connectivity index (χ2n) is 8.44. The summed E-state index contributed by atoms with van der Waals surface area (Å²) in [5.41, 5.74) is 2.94. The molecule has 31 heavy (non-hydrogen) atoms. The standard InChI is InChI=1S/C22H28Cl2N6O/c1-13(2)27-21-26-11-15-7-9-30(12-19(15)28-21)22(31)29-20(18-4-3-8-25-18)14-5-6-16(23)17(24)10-14/h5-6,10-11,13,18,20,25H,3-4,7-9,12H2,1-2H3,(H,29,31)(H,26,27,28)/t18-,20-/m0/s1. The number of fused-ring (bicyclic) bond motifs is 1. The predicted octanol–water partition coefficient (Wildman–Crippen LogP) is 4.16. The van der Waals surface area contributed by atoms with Crippen LogP contribution in [-0.4, -0.2) is 46.1 Å². The Morgan fingerprint density at radius 2 is 2.13 bits per heavy atom. The zero-order valence-electron chi connectivity index (χ0n) is 17.8. The Bertz CT molecular complexity index is 948. The number of halogens is 2. The minimum atomic E-state index is -0.185. The molecule has 166 valence electrons. The summed E-state index contributed by atoms with van der Waals surface area (Å²) in [6.45, 7) is 6.12. The number of carbonyl (C=O) groups excluding carboxylic acids is 1. The van der Waals surface area contributed by atoms with E-state index in [1.54, 1.807) is 6.07 Å². The number of carbonyl (C=O) groups is 1. The number of nitrogens with one attached hydrogen (secondary N) is 3. The first-order valence-corrected chi connectivity index (χ1v) is 11.5. The van der Waals surface area contributed by atoms with Crippen molar-refractivity contribution >= 4 is 35.2 Å². The number of urea groups is 1. The van der Waals surface area contributed by atoms with Crippen molar-refractivity contribution in [3.63, 3.8) is 0 Å². The lowest BCUT2D eigenvalue weighted by Crippen LogP contribution is -2.48. The van der Waals surface area contributed by atoms with Crippen LogP contribution in [0.3, 0.4) is 0 Å². The highest BCUT2D eigenvalue weighted by atomic mass is 35.5. The van der Waals surface area contributed by atoms with Crippen LogP contribution in [0.4, 0.5) is 10.7 Å². The molecule has 1 saturated heterocycles. The van der Waals surface area contributed by atoms with Gasteiger partial charge < -0.3 is 20.9 Å². The van der Waals surface area contributed by atoms with E-state index in [1.807, 2.05) is 37.1 Å². The van der Waals surface area contributed by atoms with Crippen LogP contribution in [-0.2, 0) is 13.0 Å². The van der Waals surface area contributed by atoms with Gasteiger partial charge in [0, 0.05) is 24.8 Å². The number of amides is 2. The molecular weight excluding hydrogens is 435 g/mol. The van der Waals surface area contributed by atoms with E-state index in [9.17, 15) is 4.79 Å². The lowest BCUT2D eigenvalue weighted by molar-refractivity contribution is 0.184. The van der Waals surface area contributed by atoms with Gasteiger partial charge in [-0.25, -0.2) is 14.8 Å². The van der Waals surface area contributed by atoms with Crippen molar-refractivity contribution in [1.82, 2.24) is 25.5 Å². The van der Waals surface area contributed by atoms with E-state index in [0.717, 1.165) is 42.6 Å². The van der Waals surface area contributed by atoms with Gasteiger partial charge in [0.1, 0.15) is 0 Å². The summed E-state index contributed by atoms with van der Waals surface area (Å²) < 4.78 is 0. The predicted molar refractivity (Wildman–Crippen MR) is 124 cm³/mol. The molecule has 2 aliphatic heterocycles. The quantitative estimate of drug-likeness (QED) is 0.620. The Morgan fingerprint density at radius 1 is 1.29 bits per heavy atom. The fourth-order valence-corrected chi connectivity index (χ4v) is 4.45. The summed E-state index contributed by atoms with van der Waals surface area (Å²) in [6.07, 6.45) is 4.68. The number of benzene rings is 1. The first kappa shape index (κ1) is 22.1. The largest absolute Gasteiger partial charge is 0.352 e. The number of rotatable bonds is 5. The van der Waals surface area contributed by atoms with E-state index in [-0.39, 0.29) is 24.2 Å². The van der Waals surface area contributed by atoms with Crippen molar-refractivity contribution < 1.29 is 4.79 Å². The maximum absolute atomic E-state index is 13.2.